The second kappa shape index (κ2) is 3.41. The summed E-state index contributed by atoms with van der Waals surface area (Å²) in [6, 6.07) is 2.90. The summed E-state index contributed by atoms with van der Waals surface area (Å²) in [5.74, 6) is -0.590. The molecule has 0 heterocycles. The highest BCUT2D eigenvalue weighted by molar-refractivity contribution is 7.85. The molecule has 0 saturated heterocycles. The Morgan fingerprint density at radius 1 is 1.46 bits per heavy atom. The van der Waals surface area contributed by atoms with E-state index in [0.717, 1.165) is 18.2 Å². The van der Waals surface area contributed by atoms with Crippen molar-refractivity contribution in [3.05, 3.63) is 29.6 Å². The van der Waals surface area contributed by atoms with Crippen molar-refractivity contribution in [1.29, 1.82) is 0 Å². The van der Waals surface area contributed by atoms with Gasteiger partial charge in [0.25, 0.3) is 10.1 Å². The first-order valence-electron chi connectivity index (χ1n) is 3.41. The number of benzene rings is 1. The molecular formula is C7H8FNO3S. The highest BCUT2D eigenvalue weighted by Gasteiger charge is 2.14. The van der Waals surface area contributed by atoms with Gasteiger partial charge in [-0.3, -0.25) is 4.55 Å². The van der Waals surface area contributed by atoms with E-state index in [9.17, 15) is 12.8 Å². The van der Waals surface area contributed by atoms with E-state index in [1.165, 1.54) is 0 Å². The Kier molecular flexibility index (Phi) is 2.65. The molecular weight excluding hydrogens is 197 g/mol. The van der Waals surface area contributed by atoms with E-state index in [4.69, 9.17) is 10.3 Å². The molecule has 0 aliphatic rings. The fourth-order valence-electron chi connectivity index (χ4n) is 0.959. The van der Waals surface area contributed by atoms with Crippen molar-refractivity contribution >= 4 is 10.1 Å². The summed E-state index contributed by atoms with van der Waals surface area (Å²) >= 11 is 0. The van der Waals surface area contributed by atoms with Gasteiger partial charge in [0.2, 0.25) is 0 Å². The maximum atomic E-state index is 12.6. The van der Waals surface area contributed by atoms with Crippen molar-refractivity contribution in [1.82, 2.24) is 0 Å². The Labute approximate surface area is 74.9 Å². The molecule has 0 aliphatic carbocycles. The average molecular weight is 205 g/mol. The van der Waals surface area contributed by atoms with Gasteiger partial charge in [0, 0.05) is 6.54 Å². The molecule has 0 aromatic heterocycles. The third-order valence-electron chi connectivity index (χ3n) is 1.52. The van der Waals surface area contributed by atoms with Crippen molar-refractivity contribution in [2.45, 2.75) is 11.4 Å². The number of hydrogen-bond acceptors (Lipinski definition) is 3. The minimum absolute atomic E-state index is 0.0579. The van der Waals surface area contributed by atoms with Gasteiger partial charge in [0.15, 0.2) is 0 Å². The minimum Gasteiger partial charge on any atom is -0.326 e. The Hall–Kier alpha value is -0.980. The maximum Gasteiger partial charge on any atom is 0.294 e. The average Bonchev–Trinajstić information content (AvgIpc) is 2.01. The molecule has 1 aromatic carbocycles. The summed E-state index contributed by atoms with van der Waals surface area (Å²) in [5.41, 5.74) is 5.23. The topological polar surface area (TPSA) is 80.4 Å². The molecule has 1 rings (SSSR count). The van der Waals surface area contributed by atoms with Gasteiger partial charge in [-0.1, -0.05) is 0 Å². The molecule has 72 valence electrons. The van der Waals surface area contributed by atoms with Crippen LogP contribution in [0.4, 0.5) is 4.39 Å². The van der Waals surface area contributed by atoms with E-state index in [2.05, 4.69) is 0 Å². The molecule has 0 aliphatic heterocycles. The van der Waals surface area contributed by atoms with Crippen molar-refractivity contribution < 1.29 is 17.4 Å². The molecule has 1 aromatic rings. The van der Waals surface area contributed by atoms with Crippen LogP contribution in [0.5, 0.6) is 0 Å². The molecule has 0 saturated carbocycles. The molecule has 0 atom stereocenters. The second-order valence-corrected chi connectivity index (χ2v) is 3.82. The number of hydrogen-bond donors (Lipinski definition) is 2. The smallest absolute Gasteiger partial charge is 0.294 e. The third kappa shape index (κ3) is 2.24. The van der Waals surface area contributed by atoms with Gasteiger partial charge in [-0.05, 0) is 23.8 Å². The summed E-state index contributed by atoms with van der Waals surface area (Å²) in [4.78, 5) is -0.351. The van der Waals surface area contributed by atoms with Crippen LogP contribution in [0.25, 0.3) is 0 Å². The van der Waals surface area contributed by atoms with Crippen LogP contribution in [-0.4, -0.2) is 13.0 Å². The second-order valence-electron chi connectivity index (χ2n) is 2.43. The summed E-state index contributed by atoms with van der Waals surface area (Å²) in [6.45, 7) is -0.146. The lowest BCUT2D eigenvalue weighted by atomic mass is 10.2. The first-order valence-corrected chi connectivity index (χ1v) is 4.85. The Morgan fingerprint density at radius 2 is 2.08 bits per heavy atom. The van der Waals surface area contributed by atoms with Crippen LogP contribution in [0.15, 0.2) is 23.1 Å². The Balaban J connectivity index is 3.39. The van der Waals surface area contributed by atoms with Crippen LogP contribution in [0, 0.1) is 5.82 Å². The van der Waals surface area contributed by atoms with E-state index in [1.54, 1.807) is 0 Å². The van der Waals surface area contributed by atoms with Gasteiger partial charge < -0.3 is 5.73 Å². The van der Waals surface area contributed by atoms with Crippen LogP contribution in [0.2, 0.25) is 0 Å². The highest BCUT2D eigenvalue weighted by Crippen LogP contribution is 2.15. The number of halogens is 1. The predicted octanol–water partition coefficient (Wildman–Crippen LogP) is 0.531. The van der Waals surface area contributed by atoms with Crippen LogP contribution in [0.1, 0.15) is 5.56 Å². The van der Waals surface area contributed by atoms with Gasteiger partial charge in [-0.25, -0.2) is 4.39 Å². The highest BCUT2D eigenvalue weighted by atomic mass is 32.2. The van der Waals surface area contributed by atoms with Crippen LogP contribution >= 0.6 is 0 Å². The Bertz CT molecular complexity index is 416. The number of rotatable bonds is 2. The SMILES string of the molecule is NCc1cc(F)ccc1S(=O)(=O)O. The predicted molar refractivity (Wildman–Crippen MR) is 44.1 cm³/mol. The van der Waals surface area contributed by atoms with Gasteiger partial charge in [0.05, 0.1) is 4.90 Å². The van der Waals surface area contributed by atoms with Gasteiger partial charge >= 0.3 is 0 Å². The minimum atomic E-state index is -4.31. The van der Waals surface area contributed by atoms with Crippen LogP contribution in [-0.2, 0) is 16.7 Å². The first kappa shape index (κ1) is 10.1. The van der Waals surface area contributed by atoms with Crippen molar-refractivity contribution in [3.63, 3.8) is 0 Å². The quantitative estimate of drug-likeness (QED) is 0.690. The van der Waals surface area contributed by atoms with Gasteiger partial charge in [0.1, 0.15) is 5.82 Å². The molecule has 0 unspecified atom stereocenters. The fraction of sp³-hybridized carbons (Fsp3) is 0.143. The van der Waals surface area contributed by atoms with E-state index < -0.39 is 15.9 Å². The molecule has 6 heteroatoms. The maximum absolute atomic E-state index is 12.6. The van der Waals surface area contributed by atoms with Crippen molar-refractivity contribution in [2.75, 3.05) is 0 Å². The summed E-state index contributed by atoms with van der Waals surface area (Å²) in [5, 5.41) is 0. The van der Waals surface area contributed by atoms with E-state index in [0.29, 0.717) is 0 Å². The molecule has 3 N–H and O–H groups in total. The molecule has 4 nitrogen and oxygen atoms in total. The zero-order valence-electron chi connectivity index (χ0n) is 6.57. The standard InChI is InChI=1S/C7H8FNO3S/c8-6-1-2-7(13(10,11)12)5(3-6)4-9/h1-3H,4,9H2,(H,10,11,12). The van der Waals surface area contributed by atoms with E-state index in [-0.39, 0.29) is 17.0 Å². The van der Waals surface area contributed by atoms with Crippen LogP contribution < -0.4 is 5.73 Å². The third-order valence-corrected chi connectivity index (χ3v) is 2.47. The molecule has 0 bridgehead atoms. The molecule has 0 radical (unpaired) electrons. The summed E-state index contributed by atoms with van der Waals surface area (Å²) < 4.78 is 42.7. The fourth-order valence-corrected chi connectivity index (χ4v) is 1.67. The van der Waals surface area contributed by atoms with Gasteiger partial charge in [-0.15, -0.1) is 0 Å². The lowest BCUT2D eigenvalue weighted by Crippen LogP contribution is -2.07. The zero-order chi connectivity index (χ0) is 10.1. The Morgan fingerprint density at radius 3 is 2.54 bits per heavy atom. The van der Waals surface area contributed by atoms with E-state index in [1.807, 2.05) is 0 Å². The van der Waals surface area contributed by atoms with Gasteiger partial charge in [-0.2, -0.15) is 8.42 Å². The largest absolute Gasteiger partial charge is 0.326 e. The lowest BCUT2D eigenvalue weighted by Gasteiger charge is -2.03. The van der Waals surface area contributed by atoms with Crippen molar-refractivity contribution in [2.24, 2.45) is 5.73 Å². The molecule has 0 amide bonds. The summed E-state index contributed by atoms with van der Waals surface area (Å²) in [7, 11) is -4.31. The summed E-state index contributed by atoms with van der Waals surface area (Å²) in [6.07, 6.45) is 0. The zero-order valence-corrected chi connectivity index (χ0v) is 7.38. The molecule has 0 fully saturated rings. The van der Waals surface area contributed by atoms with E-state index >= 15 is 0 Å². The van der Waals surface area contributed by atoms with Crippen molar-refractivity contribution in [3.8, 4) is 0 Å². The number of nitrogens with two attached hydrogens (primary N) is 1. The molecule has 0 spiro atoms. The van der Waals surface area contributed by atoms with Crippen LogP contribution in [0.3, 0.4) is 0 Å². The normalized spacial score (nSPS) is 11.6. The first-order chi connectivity index (χ1) is 5.95. The molecule has 13 heavy (non-hydrogen) atoms. The lowest BCUT2D eigenvalue weighted by molar-refractivity contribution is 0.481. The monoisotopic (exact) mass is 205 g/mol.